The first kappa shape index (κ1) is 17.2. The molecular weight excluding hydrogens is 310 g/mol. The Hall–Kier alpha value is -1.13. The molecule has 2 nitrogen and oxygen atoms in total. The van der Waals surface area contributed by atoms with Crippen molar-refractivity contribution in [2.75, 3.05) is 6.54 Å². The molecule has 2 rings (SSSR count). The largest absolute Gasteiger partial charge is 0.293 e. The molecule has 0 aliphatic carbocycles. The molecule has 1 fully saturated rings. The van der Waals surface area contributed by atoms with Crippen molar-refractivity contribution < 1.29 is 4.79 Å². The van der Waals surface area contributed by atoms with Gasteiger partial charge in [-0.25, -0.2) is 0 Å². The minimum absolute atomic E-state index is 0.0637. The van der Waals surface area contributed by atoms with Crippen molar-refractivity contribution in [3.8, 4) is 0 Å². The van der Waals surface area contributed by atoms with Crippen LogP contribution in [0.1, 0.15) is 45.1 Å². The maximum Gasteiger partial charge on any atom is 0.266 e. The summed E-state index contributed by atoms with van der Waals surface area (Å²) in [7, 11) is 0. The van der Waals surface area contributed by atoms with E-state index in [0.717, 1.165) is 23.4 Å². The summed E-state index contributed by atoms with van der Waals surface area (Å²) < 4.78 is 0.696. The Kier molecular flexibility index (Phi) is 6.65. The molecule has 0 bridgehead atoms. The molecule has 1 saturated heterocycles. The van der Waals surface area contributed by atoms with Crippen molar-refractivity contribution in [3.05, 3.63) is 40.8 Å². The molecule has 1 heterocycles. The summed E-state index contributed by atoms with van der Waals surface area (Å²) in [4.78, 5) is 15.1. The third-order valence-electron chi connectivity index (χ3n) is 3.95. The second-order valence-electron chi connectivity index (χ2n) is 5.62. The van der Waals surface area contributed by atoms with Crippen molar-refractivity contribution in [3.63, 3.8) is 0 Å². The lowest BCUT2D eigenvalue weighted by atomic mass is 9.99. The standard InChI is InChI=1S/C18H23NOS2/c1-3-5-9-14(4-2)13-19-17(20)16(22-18(19)21)12-15-10-7-6-8-11-15/h6-8,10-12,14H,3-5,9,13H2,1-2H3. The van der Waals surface area contributed by atoms with E-state index < -0.39 is 0 Å². The second-order valence-corrected chi connectivity index (χ2v) is 7.30. The SMILES string of the molecule is CCCCC(CC)CN1C(=O)C(=Cc2ccccc2)SC1=S. The van der Waals surface area contributed by atoms with E-state index in [1.165, 1.54) is 31.0 Å². The zero-order valence-corrected chi connectivity index (χ0v) is 14.9. The van der Waals surface area contributed by atoms with E-state index in [1.54, 1.807) is 4.90 Å². The van der Waals surface area contributed by atoms with Gasteiger partial charge >= 0.3 is 0 Å². The van der Waals surface area contributed by atoms with E-state index in [9.17, 15) is 4.79 Å². The van der Waals surface area contributed by atoms with Gasteiger partial charge in [0.05, 0.1) is 4.91 Å². The normalized spacial score (nSPS) is 18.3. The highest BCUT2D eigenvalue weighted by Crippen LogP contribution is 2.33. The maximum atomic E-state index is 12.6. The van der Waals surface area contributed by atoms with Crippen LogP contribution in [0.2, 0.25) is 0 Å². The summed E-state index contributed by atoms with van der Waals surface area (Å²) in [6, 6.07) is 9.93. The molecule has 1 atom stereocenters. The van der Waals surface area contributed by atoms with Crippen LogP contribution in [0.5, 0.6) is 0 Å². The highest BCUT2D eigenvalue weighted by molar-refractivity contribution is 8.26. The second kappa shape index (κ2) is 8.49. The number of rotatable bonds is 7. The molecule has 1 aromatic rings. The van der Waals surface area contributed by atoms with Crippen molar-refractivity contribution in [2.45, 2.75) is 39.5 Å². The topological polar surface area (TPSA) is 20.3 Å². The average Bonchev–Trinajstić information content (AvgIpc) is 2.79. The van der Waals surface area contributed by atoms with Crippen molar-refractivity contribution in [2.24, 2.45) is 5.92 Å². The Morgan fingerprint density at radius 1 is 1.27 bits per heavy atom. The number of hydrogen-bond acceptors (Lipinski definition) is 3. The monoisotopic (exact) mass is 333 g/mol. The lowest BCUT2D eigenvalue weighted by molar-refractivity contribution is -0.122. The van der Waals surface area contributed by atoms with E-state index in [-0.39, 0.29) is 5.91 Å². The van der Waals surface area contributed by atoms with Crippen LogP contribution in [-0.4, -0.2) is 21.7 Å². The Morgan fingerprint density at radius 3 is 2.64 bits per heavy atom. The van der Waals surface area contributed by atoms with Crippen molar-refractivity contribution in [1.29, 1.82) is 0 Å². The molecule has 118 valence electrons. The fourth-order valence-corrected chi connectivity index (χ4v) is 3.81. The lowest BCUT2D eigenvalue weighted by Crippen LogP contribution is -2.33. The lowest BCUT2D eigenvalue weighted by Gasteiger charge is -2.21. The Labute approximate surface area is 143 Å². The number of carbonyl (C=O) groups excluding carboxylic acids is 1. The van der Waals surface area contributed by atoms with Gasteiger partial charge in [-0.2, -0.15) is 0 Å². The predicted molar refractivity (Wildman–Crippen MR) is 99.6 cm³/mol. The highest BCUT2D eigenvalue weighted by atomic mass is 32.2. The zero-order chi connectivity index (χ0) is 15.9. The fourth-order valence-electron chi connectivity index (χ4n) is 2.53. The number of carbonyl (C=O) groups is 1. The molecule has 0 radical (unpaired) electrons. The van der Waals surface area contributed by atoms with Crippen LogP contribution in [0.15, 0.2) is 35.2 Å². The molecule has 4 heteroatoms. The molecule has 1 aromatic carbocycles. The first-order chi connectivity index (χ1) is 10.7. The van der Waals surface area contributed by atoms with Crippen LogP contribution in [0.4, 0.5) is 0 Å². The maximum absolute atomic E-state index is 12.6. The number of thioether (sulfide) groups is 1. The van der Waals surface area contributed by atoms with Gasteiger partial charge in [0.25, 0.3) is 5.91 Å². The van der Waals surface area contributed by atoms with Gasteiger partial charge in [0.2, 0.25) is 0 Å². The van der Waals surface area contributed by atoms with Crippen LogP contribution in [-0.2, 0) is 4.79 Å². The van der Waals surface area contributed by atoms with Crippen LogP contribution in [0.3, 0.4) is 0 Å². The summed E-state index contributed by atoms with van der Waals surface area (Å²) in [6.07, 6.45) is 6.61. The molecule has 0 spiro atoms. The minimum Gasteiger partial charge on any atom is -0.293 e. The molecular formula is C18H23NOS2. The van der Waals surface area contributed by atoms with Crippen LogP contribution in [0.25, 0.3) is 6.08 Å². The van der Waals surface area contributed by atoms with Crippen LogP contribution >= 0.6 is 24.0 Å². The van der Waals surface area contributed by atoms with Gasteiger partial charge in [0.15, 0.2) is 0 Å². The van der Waals surface area contributed by atoms with Crippen LogP contribution in [0, 0.1) is 5.92 Å². The predicted octanol–water partition coefficient (Wildman–Crippen LogP) is 5.10. The molecule has 0 saturated carbocycles. The molecule has 1 aliphatic rings. The number of nitrogens with zero attached hydrogens (tertiary/aromatic N) is 1. The smallest absolute Gasteiger partial charge is 0.266 e. The van der Waals surface area contributed by atoms with Gasteiger partial charge in [0.1, 0.15) is 4.32 Å². The number of hydrogen-bond donors (Lipinski definition) is 0. The summed E-state index contributed by atoms with van der Waals surface area (Å²) >= 11 is 6.84. The van der Waals surface area contributed by atoms with Gasteiger partial charge < -0.3 is 0 Å². The minimum atomic E-state index is 0.0637. The van der Waals surface area contributed by atoms with Gasteiger partial charge in [-0.3, -0.25) is 9.69 Å². The number of unbranched alkanes of at least 4 members (excludes halogenated alkanes) is 1. The Bertz CT molecular complexity index is 553. The molecule has 1 amide bonds. The molecule has 1 unspecified atom stereocenters. The van der Waals surface area contributed by atoms with E-state index >= 15 is 0 Å². The van der Waals surface area contributed by atoms with E-state index in [1.807, 2.05) is 36.4 Å². The summed E-state index contributed by atoms with van der Waals surface area (Å²) in [5.74, 6) is 0.604. The molecule has 0 aromatic heterocycles. The van der Waals surface area contributed by atoms with Gasteiger partial charge in [0, 0.05) is 6.54 Å². The van der Waals surface area contributed by atoms with Crippen LogP contribution < -0.4 is 0 Å². The summed E-state index contributed by atoms with van der Waals surface area (Å²) in [5, 5.41) is 0. The van der Waals surface area contributed by atoms with E-state index in [4.69, 9.17) is 12.2 Å². The summed E-state index contributed by atoms with van der Waals surface area (Å²) in [6.45, 7) is 5.15. The number of benzene rings is 1. The molecule has 22 heavy (non-hydrogen) atoms. The van der Waals surface area contributed by atoms with Gasteiger partial charge in [-0.15, -0.1) is 0 Å². The zero-order valence-electron chi connectivity index (χ0n) is 13.2. The molecule has 0 N–H and O–H groups in total. The third kappa shape index (κ3) is 4.43. The fraction of sp³-hybridized carbons (Fsp3) is 0.444. The highest BCUT2D eigenvalue weighted by Gasteiger charge is 2.33. The molecule has 1 aliphatic heterocycles. The first-order valence-corrected chi connectivity index (χ1v) is 9.18. The van der Waals surface area contributed by atoms with E-state index in [0.29, 0.717) is 10.2 Å². The third-order valence-corrected chi connectivity index (χ3v) is 5.33. The number of amides is 1. The quantitative estimate of drug-likeness (QED) is 0.511. The van der Waals surface area contributed by atoms with Crippen molar-refractivity contribution >= 4 is 40.3 Å². The van der Waals surface area contributed by atoms with Gasteiger partial charge in [-0.1, -0.05) is 87.4 Å². The average molecular weight is 334 g/mol. The van der Waals surface area contributed by atoms with Crippen molar-refractivity contribution in [1.82, 2.24) is 4.90 Å². The first-order valence-electron chi connectivity index (χ1n) is 7.96. The Morgan fingerprint density at radius 2 is 2.00 bits per heavy atom. The van der Waals surface area contributed by atoms with E-state index in [2.05, 4.69) is 13.8 Å². The Balaban J connectivity index is 2.07. The summed E-state index contributed by atoms with van der Waals surface area (Å²) in [5.41, 5.74) is 1.04. The number of thiocarbonyl (C=S) groups is 1. The van der Waals surface area contributed by atoms with Gasteiger partial charge in [-0.05, 0) is 24.0 Å².